The number of carbonyl (C=O) groups excluding carboxylic acids is 1. The van der Waals surface area contributed by atoms with Gasteiger partial charge in [0.15, 0.2) is 0 Å². The molecule has 2 rings (SSSR count). The molecule has 1 amide bonds. The minimum atomic E-state index is 0.0528. The number of para-hydroxylation sites is 1. The summed E-state index contributed by atoms with van der Waals surface area (Å²) >= 11 is 0. The van der Waals surface area contributed by atoms with Crippen LogP contribution >= 0.6 is 0 Å². The highest BCUT2D eigenvalue weighted by atomic mass is 16.1. The van der Waals surface area contributed by atoms with E-state index in [0.717, 1.165) is 18.4 Å². The maximum atomic E-state index is 11.7. The zero-order chi connectivity index (χ0) is 13.7. The van der Waals surface area contributed by atoms with E-state index < -0.39 is 0 Å². The number of fused-ring (bicyclic) bond motifs is 1. The fraction of sp³-hybridized carbons (Fsp3) is 0.400. The monoisotopic (exact) mass is 259 g/mol. The lowest BCUT2D eigenvalue weighted by Crippen LogP contribution is -2.36. The van der Waals surface area contributed by atoms with Gasteiger partial charge in [-0.3, -0.25) is 4.79 Å². The molecule has 102 valence electrons. The van der Waals surface area contributed by atoms with Crippen LogP contribution in [0.4, 0.5) is 0 Å². The molecule has 0 radical (unpaired) electrons. The van der Waals surface area contributed by atoms with Crippen LogP contribution in [0.2, 0.25) is 0 Å². The molecule has 1 aromatic carbocycles. The van der Waals surface area contributed by atoms with Crippen molar-refractivity contribution in [2.24, 2.45) is 5.73 Å². The van der Waals surface area contributed by atoms with E-state index in [1.807, 2.05) is 31.3 Å². The third-order valence-electron chi connectivity index (χ3n) is 3.38. The number of carbonyl (C=O) groups is 1. The van der Waals surface area contributed by atoms with Crippen LogP contribution in [0.3, 0.4) is 0 Å². The molecule has 0 bridgehead atoms. The third kappa shape index (κ3) is 3.58. The Morgan fingerprint density at radius 2 is 2.21 bits per heavy atom. The summed E-state index contributed by atoms with van der Waals surface area (Å²) in [5.41, 5.74) is 8.07. The first-order valence-corrected chi connectivity index (χ1v) is 6.78. The maximum Gasteiger partial charge on any atom is 0.220 e. The lowest BCUT2D eigenvalue weighted by Gasteiger charge is -2.09. The van der Waals surface area contributed by atoms with Gasteiger partial charge in [0.05, 0.1) is 0 Å². The fourth-order valence-corrected chi connectivity index (χ4v) is 2.06. The van der Waals surface area contributed by atoms with Crippen LogP contribution in [0.15, 0.2) is 30.5 Å². The number of aromatic nitrogens is 1. The molecule has 0 saturated heterocycles. The van der Waals surface area contributed by atoms with E-state index in [4.69, 9.17) is 5.73 Å². The van der Waals surface area contributed by atoms with E-state index in [2.05, 4.69) is 16.4 Å². The van der Waals surface area contributed by atoms with Gasteiger partial charge < -0.3 is 16.0 Å². The van der Waals surface area contributed by atoms with Gasteiger partial charge in [-0.05, 0) is 24.5 Å². The largest absolute Gasteiger partial charge is 0.361 e. The van der Waals surface area contributed by atoms with Crippen LogP contribution in [0.1, 0.15) is 25.3 Å². The predicted molar refractivity (Wildman–Crippen MR) is 77.9 cm³/mol. The number of aryl methyl sites for hydroxylation is 1. The number of hydrogen-bond acceptors (Lipinski definition) is 2. The first-order chi connectivity index (χ1) is 9.20. The summed E-state index contributed by atoms with van der Waals surface area (Å²) in [5.74, 6) is 0.0641. The van der Waals surface area contributed by atoms with Gasteiger partial charge in [0.1, 0.15) is 0 Å². The molecule has 0 spiro atoms. The van der Waals surface area contributed by atoms with Crippen molar-refractivity contribution in [1.82, 2.24) is 10.3 Å². The molecule has 0 aliphatic carbocycles. The minimum absolute atomic E-state index is 0.0528. The zero-order valence-corrected chi connectivity index (χ0v) is 11.3. The predicted octanol–water partition coefficient (Wildman–Crippen LogP) is 1.95. The molecule has 0 fully saturated rings. The van der Waals surface area contributed by atoms with Gasteiger partial charge in [0.25, 0.3) is 0 Å². The number of rotatable bonds is 6. The molecule has 1 aromatic heterocycles. The Hall–Kier alpha value is -1.81. The van der Waals surface area contributed by atoms with E-state index in [1.165, 1.54) is 10.9 Å². The van der Waals surface area contributed by atoms with Crippen LogP contribution in [0.5, 0.6) is 0 Å². The molecule has 4 N–H and O–H groups in total. The Labute approximate surface area is 113 Å². The van der Waals surface area contributed by atoms with E-state index in [-0.39, 0.29) is 11.9 Å². The molecule has 2 aromatic rings. The third-order valence-corrected chi connectivity index (χ3v) is 3.38. The first kappa shape index (κ1) is 13.6. The number of hydrogen-bond donors (Lipinski definition) is 3. The van der Waals surface area contributed by atoms with Crippen LogP contribution in [0.25, 0.3) is 10.9 Å². The summed E-state index contributed by atoms with van der Waals surface area (Å²) < 4.78 is 0. The lowest BCUT2D eigenvalue weighted by atomic mass is 10.1. The maximum absolute atomic E-state index is 11.7. The molecule has 4 heteroatoms. The highest BCUT2D eigenvalue weighted by molar-refractivity contribution is 5.84. The van der Waals surface area contributed by atoms with Crippen LogP contribution in [0, 0.1) is 0 Å². The summed E-state index contributed by atoms with van der Waals surface area (Å²) in [4.78, 5) is 14.9. The van der Waals surface area contributed by atoms with Crippen molar-refractivity contribution in [2.75, 3.05) is 6.54 Å². The highest BCUT2D eigenvalue weighted by Crippen LogP contribution is 2.18. The Bertz CT molecular complexity index is 547. The van der Waals surface area contributed by atoms with Crippen molar-refractivity contribution in [3.63, 3.8) is 0 Å². The average Bonchev–Trinajstić information content (AvgIpc) is 2.85. The Balaban J connectivity index is 1.87. The Morgan fingerprint density at radius 3 is 3.00 bits per heavy atom. The number of nitrogens with one attached hydrogen (secondary N) is 2. The van der Waals surface area contributed by atoms with Gasteiger partial charge in [0.2, 0.25) is 5.91 Å². The number of nitrogens with two attached hydrogens (primary N) is 1. The van der Waals surface area contributed by atoms with Crippen molar-refractivity contribution in [1.29, 1.82) is 0 Å². The van der Waals surface area contributed by atoms with Gasteiger partial charge in [-0.15, -0.1) is 0 Å². The molecular weight excluding hydrogens is 238 g/mol. The summed E-state index contributed by atoms with van der Waals surface area (Å²) in [7, 11) is 0. The zero-order valence-electron chi connectivity index (χ0n) is 11.3. The Morgan fingerprint density at radius 1 is 1.42 bits per heavy atom. The van der Waals surface area contributed by atoms with Crippen LogP contribution < -0.4 is 11.1 Å². The SMILES string of the molecule is CCC(N)CNC(=O)CCc1c[nH]c2ccccc12. The normalized spacial score (nSPS) is 12.5. The average molecular weight is 259 g/mol. The second kappa shape index (κ2) is 6.38. The molecule has 19 heavy (non-hydrogen) atoms. The smallest absolute Gasteiger partial charge is 0.220 e. The number of H-pyrrole nitrogens is 1. The van der Waals surface area contributed by atoms with E-state index in [0.29, 0.717) is 13.0 Å². The minimum Gasteiger partial charge on any atom is -0.361 e. The molecule has 0 saturated carbocycles. The number of benzene rings is 1. The van der Waals surface area contributed by atoms with Crippen molar-refractivity contribution in [3.8, 4) is 0 Å². The summed E-state index contributed by atoms with van der Waals surface area (Å²) in [6.45, 7) is 2.58. The molecule has 1 unspecified atom stereocenters. The van der Waals surface area contributed by atoms with Gasteiger partial charge in [0, 0.05) is 36.1 Å². The Kier molecular flexibility index (Phi) is 4.58. The van der Waals surface area contributed by atoms with Crippen molar-refractivity contribution < 1.29 is 4.79 Å². The summed E-state index contributed by atoms with van der Waals surface area (Å²) in [6, 6.07) is 8.18. The lowest BCUT2D eigenvalue weighted by molar-refractivity contribution is -0.121. The molecule has 0 aliphatic heterocycles. The molecule has 0 aliphatic rings. The molecular formula is C15H21N3O. The number of amides is 1. The fourth-order valence-electron chi connectivity index (χ4n) is 2.06. The second-order valence-corrected chi connectivity index (χ2v) is 4.83. The number of aromatic amines is 1. The summed E-state index contributed by atoms with van der Waals surface area (Å²) in [6.07, 6.45) is 4.11. The topological polar surface area (TPSA) is 70.9 Å². The van der Waals surface area contributed by atoms with Crippen molar-refractivity contribution in [2.45, 2.75) is 32.2 Å². The van der Waals surface area contributed by atoms with Gasteiger partial charge in [-0.1, -0.05) is 25.1 Å². The van der Waals surface area contributed by atoms with Crippen LogP contribution in [-0.4, -0.2) is 23.5 Å². The highest BCUT2D eigenvalue weighted by Gasteiger charge is 2.07. The molecule has 1 atom stereocenters. The standard InChI is InChI=1S/C15H21N3O/c1-2-12(16)10-18-15(19)8-7-11-9-17-14-6-4-3-5-13(11)14/h3-6,9,12,17H,2,7-8,10,16H2,1H3,(H,18,19). The quantitative estimate of drug-likeness (QED) is 0.742. The van der Waals surface area contributed by atoms with Gasteiger partial charge >= 0.3 is 0 Å². The molecule has 4 nitrogen and oxygen atoms in total. The van der Waals surface area contributed by atoms with Gasteiger partial charge in [-0.25, -0.2) is 0 Å². The first-order valence-electron chi connectivity index (χ1n) is 6.78. The molecule has 1 heterocycles. The summed E-state index contributed by atoms with van der Waals surface area (Å²) in [5, 5.41) is 4.06. The van der Waals surface area contributed by atoms with E-state index in [1.54, 1.807) is 0 Å². The van der Waals surface area contributed by atoms with Crippen LogP contribution in [-0.2, 0) is 11.2 Å². The second-order valence-electron chi connectivity index (χ2n) is 4.83. The van der Waals surface area contributed by atoms with Gasteiger partial charge in [-0.2, -0.15) is 0 Å². The van der Waals surface area contributed by atoms with E-state index in [9.17, 15) is 4.79 Å². The van der Waals surface area contributed by atoms with E-state index >= 15 is 0 Å². The van der Waals surface area contributed by atoms with Crippen molar-refractivity contribution in [3.05, 3.63) is 36.0 Å². The van der Waals surface area contributed by atoms with Crippen molar-refractivity contribution >= 4 is 16.8 Å².